The van der Waals surface area contributed by atoms with Crippen molar-refractivity contribution in [3.8, 4) is 11.1 Å². The molecule has 0 aliphatic rings. The Hall–Kier alpha value is -5.51. The first-order valence-corrected chi connectivity index (χ1v) is 22.4. The number of carbonyl (C=O) groups excluding carboxylic acids is 6. The quantitative estimate of drug-likeness (QED) is 0.0605. The standard InChI is InChI=1S/C48H74N6O10/c1-12-13-16-33-18-20-34(21-19-33)35-22-24-36(25-23-35)42(57)49-28-26-38(55)52-37(17-14-15-27-50-46(62)64-48(9,10)11)43(58)53-39(32(5)63-29-30(2)3)44(59)51-31(4)41(56)54-40(45(60)61)47(6,7)8/h18-25,30-32,37,39-40H,12-17,26-29H2,1-11H3,(H,49,57)(H,50,62)(H,51,59)(H,52,55)(H,53,58)(H,54,56)(H,60,61)/t31-,32+,37-,39-,40+/m0/s1. The summed E-state index contributed by atoms with van der Waals surface area (Å²) in [6.07, 6.45) is 2.57. The number of alkyl carbamates (subject to hydrolysis) is 1. The van der Waals surface area contributed by atoms with Crippen molar-refractivity contribution in [2.45, 2.75) is 157 Å². The van der Waals surface area contributed by atoms with Crippen molar-refractivity contribution in [1.82, 2.24) is 31.9 Å². The minimum absolute atomic E-state index is 0.0250. The molecule has 2 aromatic carbocycles. The van der Waals surface area contributed by atoms with E-state index < -0.39 is 77.0 Å². The highest BCUT2D eigenvalue weighted by molar-refractivity contribution is 5.96. The summed E-state index contributed by atoms with van der Waals surface area (Å²) in [6.45, 7) is 19.6. The van der Waals surface area contributed by atoms with Crippen LogP contribution in [0.1, 0.15) is 131 Å². The lowest BCUT2D eigenvalue weighted by Gasteiger charge is -2.30. The van der Waals surface area contributed by atoms with E-state index in [1.807, 2.05) is 26.0 Å². The van der Waals surface area contributed by atoms with Crippen molar-refractivity contribution < 1.29 is 48.1 Å². The van der Waals surface area contributed by atoms with Crippen molar-refractivity contribution in [1.29, 1.82) is 0 Å². The Kier molecular flexibility index (Phi) is 22.5. The van der Waals surface area contributed by atoms with Crippen LogP contribution in [0.5, 0.6) is 0 Å². The summed E-state index contributed by atoms with van der Waals surface area (Å²) in [4.78, 5) is 91.3. The molecule has 16 nitrogen and oxygen atoms in total. The van der Waals surface area contributed by atoms with Crippen LogP contribution < -0.4 is 31.9 Å². The molecule has 2 aromatic rings. The average Bonchev–Trinajstić information content (AvgIpc) is 3.21. The Balaban J connectivity index is 2.18. The molecule has 7 N–H and O–H groups in total. The van der Waals surface area contributed by atoms with E-state index in [-0.39, 0.29) is 44.4 Å². The zero-order valence-electron chi connectivity index (χ0n) is 39.8. The molecule has 0 saturated carbocycles. The highest BCUT2D eigenvalue weighted by Gasteiger charge is 2.36. The van der Waals surface area contributed by atoms with Crippen molar-refractivity contribution in [3.63, 3.8) is 0 Å². The fourth-order valence-corrected chi connectivity index (χ4v) is 6.34. The highest BCUT2D eigenvalue weighted by atomic mass is 16.6. The predicted octanol–water partition coefficient (Wildman–Crippen LogP) is 5.66. The first-order valence-electron chi connectivity index (χ1n) is 22.4. The van der Waals surface area contributed by atoms with E-state index >= 15 is 0 Å². The Morgan fingerprint density at radius 1 is 0.688 bits per heavy atom. The monoisotopic (exact) mass is 895 g/mol. The van der Waals surface area contributed by atoms with Gasteiger partial charge in [0.15, 0.2) is 0 Å². The second-order valence-electron chi connectivity index (χ2n) is 18.7. The molecule has 0 fully saturated rings. The normalized spacial score (nSPS) is 13.9. The van der Waals surface area contributed by atoms with Crippen LogP contribution >= 0.6 is 0 Å². The Morgan fingerprint density at radius 3 is 1.84 bits per heavy atom. The molecule has 0 radical (unpaired) electrons. The molecule has 0 bridgehead atoms. The molecule has 356 valence electrons. The second-order valence-corrected chi connectivity index (χ2v) is 18.7. The maximum atomic E-state index is 14.0. The van der Waals surface area contributed by atoms with Gasteiger partial charge in [0, 0.05) is 31.7 Å². The number of nitrogens with one attached hydrogen (secondary N) is 6. The molecule has 5 atom stereocenters. The molecular formula is C48H74N6O10. The van der Waals surface area contributed by atoms with Gasteiger partial charge >= 0.3 is 12.1 Å². The van der Waals surface area contributed by atoms with Crippen molar-refractivity contribution in [3.05, 3.63) is 59.7 Å². The van der Waals surface area contributed by atoms with Crippen LogP contribution in [0.2, 0.25) is 0 Å². The Morgan fingerprint density at radius 2 is 1.30 bits per heavy atom. The van der Waals surface area contributed by atoms with Crippen LogP contribution in [0, 0.1) is 11.3 Å². The number of carboxylic acids is 1. The number of unbranched alkanes of at least 4 members (excludes halogenated alkanes) is 2. The largest absolute Gasteiger partial charge is 0.480 e. The summed E-state index contributed by atoms with van der Waals surface area (Å²) < 4.78 is 11.2. The molecule has 0 spiro atoms. The first kappa shape index (κ1) is 54.6. The lowest BCUT2D eigenvalue weighted by molar-refractivity contribution is -0.145. The third kappa shape index (κ3) is 20.3. The Labute approximate surface area is 379 Å². The number of aliphatic carboxylic acids is 1. The van der Waals surface area contributed by atoms with Gasteiger partial charge in [-0.1, -0.05) is 84.4 Å². The highest BCUT2D eigenvalue weighted by Crippen LogP contribution is 2.22. The maximum Gasteiger partial charge on any atom is 0.407 e. The van der Waals surface area contributed by atoms with Crippen molar-refractivity contribution in [2.75, 3.05) is 19.7 Å². The summed E-state index contributed by atoms with van der Waals surface area (Å²) >= 11 is 0. The van der Waals surface area contributed by atoms with Gasteiger partial charge in [0.25, 0.3) is 5.91 Å². The summed E-state index contributed by atoms with van der Waals surface area (Å²) in [5.41, 5.74) is 2.19. The van der Waals surface area contributed by atoms with E-state index in [0.29, 0.717) is 18.4 Å². The molecule has 2 rings (SSSR count). The lowest BCUT2D eigenvalue weighted by atomic mass is 9.86. The van der Waals surface area contributed by atoms with Gasteiger partial charge in [-0.05, 0) is 107 Å². The second kappa shape index (κ2) is 26.3. The van der Waals surface area contributed by atoms with Gasteiger partial charge in [-0.3, -0.25) is 24.0 Å². The van der Waals surface area contributed by atoms with Gasteiger partial charge in [0.1, 0.15) is 29.8 Å². The third-order valence-electron chi connectivity index (χ3n) is 10.0. The molecule has 0 aliphatic heterocycles. The van der Waals surface area contributed by atoms with Crippen LogP contribution in [0.3, 0.4) is 0 Å². The molecule has 0 aromatic heterocycles. The molecule has 0 unspecified atom stereocenters. The topological polar surface area (TPSA) is 230 Å². The number of benzene rings is 2. The van der Waals surface area contributed by atoms with E-state index in [1.165, 1.54) is 12.5 Å². The maximum absolute atomic E-state index is 14.0. The van der Waals surface area contributed by atoms with Crippen molar-refractivity contribution in [2.24, 2.45) is 11.3 Å². The zero-order valence-corrected chi connectivity index (χ0v) is 39.8. The van der Waals surface area contributed by atoms with E-state index in [0.717, 1.165) is 30.4 Å². The number of amides is 6. The molecule has 0 heterocycles. The van der Waals surface area contributed by atoms with Gasteiger partial charge in [-0.25, -0.2) is 9.59 Å². The first-order chi connectivity index (χ1) is 29.9. The van der Waals surface area contributed by atoms with Gasteiger partial charge in [0.2, 0.25) is 23.6 Å². The van der Waals surface area contributed by atoms with Crippen LogP contribution in [0.15, 0.2) is 48.5 Å². The molecular weight excluding hydrogens is 821 g/mol. The minimum atomic E-state index is -1.33. The fraction of sp³-hybridized carbons (Fsp3) is 0.604. The molecule has 6 amide bonds. The smallest absolute Gasteiger partial charge is 0.407 e. The van der Waals surface area contributed by atoms with Gasteiger partial charge in [0.05, 0.1) is 6.10 Å². The zero-order chi connectivity index (χ0) is 48.2. The number of ether oxygens (including phenoxy) is 2. The predicted molar refractivity (Wildman–Crippen MR) is 246 cm³/mol. The van der Waals surface area contributed by atoms with E-state index in [2.05, 4.69) is 63.1 Å². The van der Waals surface area contributed by atoms with Gasteiger partial charge < -0.3 is 46.5 Å². The lowest BCUT2D eigenvalue weighted by Crippen LogP contribution is -2.61. The molecule has 0 saturated heterocycles. The Bertz CT molecular complexity index is 1840. The summed E-state index contributed by atoms with van der Waals surface area (Å²) in [5, 5.41) is 25.6. The van der Waals surface area contributed by atoms with Crippen LogP contribution in [-0.4, -0.2) is 102 Å². The molecule has 64 heavy (non-hydrogen) atoms. The van der Waals surface area contributed by atoms with Crippen LogP contribution in [0.4, 0.5) is 4.79 Å². The number of carbonyl (C=O) groups is 7. The number of rotatable bonds is 25. The summed E-state index contributed by atoms with van der Waals surface area (Å²) in [5.74, 6) is -4.27. The van der Waals surface area contributed by atoms with E-state index in [1.54, 1.807) is 60.6 Å². The summed E-state index contributed by atoms with van der Waals surface area (Å²) in [7, 11) is 0. The average molecular weight is 895 g/mol. The minimum Gasteiger partial charge on any atom is -0.480 e. The van der Waals surface area contributed by atoms with Crippen LogP contribution in [-0.2, 0) is 39.9 Å². The molecule has 16 heteroatoms. The fourth-order valence-electron chi connectivity index (χ4n) is 6.34. The SMILES string of the molecule is CCCCc1ccc(-c2ccc(C(=O)NCCC(=O)N[C@@H](CCCCNC(=O)OC(C)(C)C)C(=O)N[C@H](C(=O)N[C@@H](C)C(=O)N[C@H](C(=O)O)C(C)(C)C)[C@@H](C)OCC(C)C)cc2)cc1. The summed E-state index contributed by atoms with van der Waals surface area (Å²) in [6, 6.07) is 10.6. The van der Waals surface area contributed by atoms with Crippen molar-refractivity contribution >= 4 is 41.6 Å². The third-order valence-corrected chi connectivity index (χ3v) is 10.0. The van der Waals surface area contributed by atoms with Crippen LogP contribution in [0.25, 0.3) is 11.1 Å². The van der Waals surface area contributed by atoms with E-state index in [9.17, 15) is 38.7 Å². The number of aryl methyl sites for hydroxylation is 1. The number of hydrogen-bond donors (Lipinski definition) is 7. The molecule has 0 aliphatic carbocycles. The van der Waals surface area contributed by atoms with E-state index in [4.69, 9.17) is 9.47 Å². The van der Waals surface area contributed by atoms with Gasteiger partial charge in [-0.2, -0.15) is 0 Å². The number of carboxylic acid groups (broad SMARTS) is 1. The van der Waals surface area contributed by atoms with Gasteiger partial charge in [-0.15, -0.1) is 0 Å². The number of hydrogen-bond acceptors (Lipinski definition) is 9.